The Labute approximate surface area is 194 Å². The number of aryl methyl sites for hydroxylation is 3. The number of nitrogens with zero attached hydrogens (tertiary/aromatic N) is 1. The van der Waals surface area contributed by atoms with E-state index >= 15 is 0 Å². The Balaban J connectivity index is 1.70. The molecule has 6 nitrogen and oxygen atoms in total. The molecule has 0 spiro atoms. The quantitative estimate of drug-likeness (QED) is 0.619. The molecule has 33 heavy (non-hydrogen) atoms. The summed E-state index contributed by atoms with van der Waals surface area (Å²) in [4.78, 5) is 27.6. The van der Waals surface area contributed by atoms with Gasteiger partial charge in [-0.05, 0) is 49.6 Å². The minimum absolute atomic E-state index is 0.0557. The first-order valence-electron chi connectivity index (χ1n) is 10.7. The predicted octanol–water partition coefficient (Wildman–Crippen LogP) is 4.50. The third-order valence-corrected chi connectivity index (χ3v) is 8.06. The highest BCUT2D eigenvalue weighted by Crippen LogP contribution is 2.40. The topological polar surface area (TPSA) is 83.6 Å². The van der Waals surface area contributed by atoms with Crippen LogP contribution >= 0.6 is 0 Å². The normalized spacial score (nSPS) is 17.2. The van der Waals surface area contributed by atoms with Crippen molar-refractivity contribution in [1.82, 2.24) is 0 Å². The molecule has 1 heterocycles. The smallest absolute Gasteiger partial charge is 0.244 e. The Morgan fingerprint density at radius 1 is 0.970 bits per heavy atom. The van der Waals surface area contributed by atoms with Crippen molar-refractivity contribution in [2.24, 2.45) is 0 Å². The zero-order chi connectivity index (χ0) is 23.8. The number of rotatable bonds is 4. The van der Waals surface area contributed by atoms with Gasteiger partial charge in [0.15, 0.2) is 9.84 Å². The van der Waals surface area contributed by atoms with E-state index in [0.29, 0.717) is 11.3 Å². The fraction of sp³-hybridized carbons (Fsp3) is 0.231. The van der Waals surface area contributed by atoms with E-state index in [4.69, 9.17) is 0 Å². The first-order valence-corrected chi connectivity index (χ1v) is 12.3. The van der Waals surface area contributed by atoms with E-state index in [-0.39, 0.29) is 29.5 Å². The van der Waals surface area contributed by atoms with Gasteiger partial charge in [-0.15, -0.1) is 0 Å². The summed E-state index contributed by atoms with van der Waals surface area (Å²) in [5.41, 5.74) is 4.43. The summed E-state index contributed by atoms with van der Waals surface area (Å²) in [7, 11) is -3.85. The van der Waals surface area contributed by atoms with Crippen LogP contribution in [0.2, 0.25) is 0 Å². The number of benzene rings is 3. The minimum Gasteiger partial charge on any atom is -0.324 e. The molecule has 3 aromatic carbocycles. The zero-order valence-electron chi connectivity index (χ0n) is 18.8. The van der Waals surface area contributed by atoms with Crippen LogP contribution < -0.4 is 10.2 Å². The number of nitrogens with one attached hydrogen (secondary N) is 1. The van der Waals surface area contributed by atoms with Crippen molar-refractivity contribution >= 4 is 33.0 Å². The van der Waals surface area contributed by atoms with Crippen molar-refractivity contribution in [3.05, 3.63) is 89.0 Å². The lowest BCUT2D eigenvalue weighted by atomic mass is 10.1. The number of carbonyl (C=O) groups is 2. The highest BCUT2D eigenvalue weighted by Gasteiger charge is 2.39. The molecule has 170 valence electrons. The molecule has 2 amide bonds. The summed E-state index contributed by atoms with van der Waals surface area (Å²) in [6, 6.07) is 19.1. The largest absolute Gasteiger partial charge is 0.324 e. The molecule has 0 aromatic heterocycles. The number of hydrogen-bond donors (Lipinski definition) is 1. The van der Waals surface area contributed by atoms with Crippen molar-refractivity contribution in [2.45, 2.75) is 37.3 Å². The molecule has 0 saturated carbocycles. The number of para-hydroxylation sites is 1. The number of amides is 2. The summed E-state index contributed by atoms with van der Waals surface area (Å²) < 4.78 is 27.1. The SMILES string of the molecule is Cc1cc(C)c(NC(=O)CN2C(=O)C[C@H](c3ccccc3)S(=O)(=O)c3ccccc32)c(C)c1. The average molecular weight is 463 g/mol. The van der Waals surface area contributed by atoms with Crippen LogP contribution in [0.4, 0.5) is 11.4 Å². The van der Waals surface area contributed by atoms with Crippen molar-refractivity contribution in [1.29, 1.82) is 0 Å². The van der Waals surface area contributed by atoms with E-state index in [1.807, 2.05) is 32.9 Å². The first kappa shape index (κ1) is 22.7. The van der Waals surface area contributed by atoms with Crippen LogP contribution in [0, 0.1) is 20.8 Å². The van der Waals surface area contributed by atoms with Gasteiger partial charge < -0.3 is 10.2 Å². The molecule has 0 radical (unpaired) electrons. The standard InChI is InChI=1S/C26H26N2O4S/c1-17-13-18(2)26(19(3)14-17)27-24(29)16-28-21-11-7-8-12-22(21)33(31,32)23(15-25(28)30)20-9-5-4-6-10-20/h4-14,23H,15-16H2,1-3H3,(H,27,29)/t23-/m1/s1. The number of anilines is 2. The van der Waals surface area contributed by atoms with Crippen molar-refractivity contribution in [3.63, 3.8) is 0 Å². The average Bonchev–Trinajstić information content (AvgIpc) is 2.85. The fourth-order valence-corrected chi connectivity index (χ4v) is 6.35. The summed E-state index contributed by atoms with van der Waals surface area (Å²) in [6.45, 7) is 5.54. The van der Waals surface area contributed by atoms with Crippen LogP contribution in [0.25, 0.3) is 0 Å². The third-order valence-electron chi connectivity index (χ3n) is 5.91. The van der Waals surface area contributed by atoms with Gasteiger partial charge in [-0.1, -0.05) is 60.2 Å². The molecule has 7 heteroatoms. The Bertz CT molecular complexity index is 1310. The van der Waals surface area contributed by atoms with E-state index < -0.39 is 21.0 Å². The maximum atomic E-state index is 13.5. The number of carbonyl (C=O) groups excluding carboxylic acids is 2. The summed E-state index contributed by atoms with van der Waals surface area (Å²) in [5, 5.41) is 1.89. The molecule has 1 N–H and O–H groups in total. The van der Waals surface area contributed by atoms with Crippen LogP contribution in [0.15, 0.2) is 71.6 Å². The maximum absolute atomic E-state index is 13.5. The minimum atomic E-state index is -3.85. The van der Waals surface area contributed by atoms with Gasteiger partial charge in [-0.2, -0.15) is 0 Å². The molecule has 0 aliphatic carbocycles. The molecular formula is C26H26N2O4S. The van der Waals surface area contributed by atoms with E-state index in [9.17, 15) is 18.0 Å². The van der Waals surface area contributed by atoms with E-state index in [1.165, 1.54) is 11.0 Å². The second-order valence-corrected chi connectivity index (χ2v) is 10.5. The van der Waals surface area contributed by atoms with E-state index in [1.54, 1.807) is 48.5 Å². The van der Waals surface area contributed by atoms with Crippen molar-refractivity contribution in [2.75, 3.05) is 16.8 Å². The summed E-state index contributed by atoms with van der Waals surface area (Å²) in [5.74, 6) is -0.798. The highest BCUT2D eigenvalue weighted by molar-refractivity contribution is 7.92. The van der Waals surface area contributed by atoms with Crippen LogP contribution in [0.1, 0.15) is 33.9 Å². The Morgan fingerprint density at radius 3 is 2.24 bits per heavy atom. The van der Waals surface area contributed by atoms with E-state index in [0.717, 1.165) is 16.7 Å². The molecule has 1 aliphatic rings. The van der Waals surface area contributed by atoms with Gasteiger partial charge in [-0.25, -0.2) is 8.42 Å². The molecule has 3 aromatic rings. The zero-order valence-corrected chi connectivity index (χ0v) is 19.6. The van der Waals surface area contributed by atoms with Crippen molar-refractivity contribution < 1.29 is 18.0 Å². The summed E-state index contributed by atoms with van der Waals surface area (Å²) in [6.07, 6.45) is -0.239. The molecule has 0 saturated heterocycles. The molecule has 0 fully saturated rings. The van der Waals surface area contributed by atoms with Crippen LogP contribution in [-0.4, -0.2) is 26.8 Å². The van der Waals surface area contributed by atoms with Gasteiger partial charge in [0.1, 0.15) is 6.54 Å². The van der Waals surface area contributed by atoms with Gasteiger partial charge in [0.2, 0.25) is 11.8 Å². The molecule has 1 aliphatic heterocycles. The highest BCUT2D eigenvalue weighted by atomic mass is 32.2. The van der Waals surface area contributed by atoms with Gasteiger partial charge >= 0.3 is 0 Å². The molecule has 4 rings (SSSR count). The van der Waals surface area contributed by atoms with Crippen LogP contribution in [0.3, 0.4) is 0 Å². The van der Waals surface area contributed by atoms with Crippen LogP contribution in [0.5, 0.6) is 0 Å². The maximum Gasteiger partial charge on any atom is 0.244 e. The monoisotopic (exact) mass is 462 g/mol. The van der Waals surface area contributed by atoms with Crippen LogP contribution in [-0.2, 0) is 19.4 Å². The lowest BCUT2D eigenvalue weighted by molar-refractivity contribution is -0.121. The lowest BCUT2D eigenvalue weighted by Gasteiger charge is -2.22. The third kappa shape index (κ3) is 4.41. The number of hydrogen-bond acceptors (Lipinski definition) is 4. The number of fused-ring (bicyclic) bond motifs is 1. The lowest BCUT2D eigenvalue weighted by Crippen LogP contribution is -2.38. The molecule has 0 unspecified atom stereocenters. The fourth-order valence-electron chi connectivity index (χ4n) is 4.42. The predicted molar refractivity (Wildman–Crippen MR) is 129 cm³/mol. The van der Waals surface area contributed by atoms with Gasteiger partial charge in [0.05, 0.1) is 15.8 Å². The second kappa shape index (κ2) is 8.83. The summed E-state index contributed by atoms with van der Waals surface area (Å²) >= 11 is 0. The molecular weight excluding hydrogens is 436 g/mol. The Morgan fingerprint density at radius 2 is 1.58 bits per heavy atom. The molecule has 0 bridgehead atoms. The van der Waals surface area contributed by atoms with Crippen molar-refractivity contribution in [3.8, 4) is 0 Å². The first-order chi connectivity index (χ1) is 15.7. The van der Waals surface area contributed by atoms with E-state index in [2.05, 4.69) is 5.32 Å². The van der Waals surface area contributed by atoms with Gasteiger partial charge in [-0.3, -0.25) is 9.59 Å². The Kier molecular flexibility index (Phi) is 6.08. The van der Waals surface area contributed by atoms with Gasteiger partial charge in [0.25, 0.3) is 0 Å². The van der Waals surface area contributed by atoms with Gasteiger partial charge in [0, 0.05) is 12.1 Å². The Hall–Kier alpha value is -3.45. The molecule has 1 atom stereocenters. The number of sulfone groups is 1. The second-order valence-electron chi connectivity index (χ2n) is 8.42.